The van der Waals surface area contributed by atoms with Crippen molar-refractivity contribution in [3.63, 3.8) is 0 Å². The maximum atomic E-state index is 11.5. The van der Waals surface area contributed by atoms with Gasteiger partial charge >= 0.3 is 5.97 Å². The number of methoxy groups -OCH3 is 1. The Hall–Kier alpha value is -3.11. The number of aromatic hydroxyl groups is 1. The predicted molar refractivity (Wildman–Crippen MR) is 158 cm³/mol. The fraction of sp³-hybridized carbons (Fsp3) is 0.300. The van der Waals surface area contributed by atoms with Gasteiger partial charge in [0, 0.05) is 46.8 Å². The van der Waals surface area contributed by atoms with Crippen LogP contribution in [0.15, 0.2) is 71.2 Å². The van der Waals surface area contributed by atoms with Crippen LogP contribution < -0.4 is 9.47 Å². The number of fused-ring (bicyclic) bond motifs is 1. The van der Waals surface area contributed by atoms with Gasteiger partial charge in [-0.05, 0) is 67.1 Å². The fourth-order valence-electron chi connectivity index (χ4n) is 4.61. The molecule has 1 aromatic heterocycles. The first-order chi connectivity index (χ1) is 18.9. The minimum atomic E-state index is -0.191. The smallest absolute Gasteiger partial charge is 0.319 e. The first kappa shape index (κ1) is 27.5. The number of phenolic OH excluding ortho intramolecular Hbond substituents is 1. The van der Waals surface area contributed by atoms with Gasteiger partial charge in [-0.1, -0.05) is 28.1 Å². The summed E-state index contributed by atoms with van der Waals surface area (Å²) in [6, 6.07) is 21.4. The van der Waals surface area contributed by atoms with E-state index in [1.807, 2.05) is 42.5 Å². The Kier molecular flexibility index (Phi) is 8.72. The highest BCUT2D eigenvalue weighted by molar-refractivity contribution is 9.10. The van der Waals surface area contributed by atoms with Gasteiger partial charge in [-0.15, -0.1) is 11.3 Å². The molecule has 1 aliphatic rings. The van der Waals surface area contributed by atoms with Gasteiger partial charge in [0.15, 0.2) is 5.75 Å². The number of piperazine rings is 1. The SMILES string of the molecule is COC(=O)CN1CCN([C@H](C)COc2ccc(Oc3c(-c4ccc(Br)cc4)sc4cc(O)ccc34)cc2)CC1. The molecule has 0 radical (unpaired) electrons. The van der Waals surface area contributed by atoms with Crippen molar-refractivity contribution in [1.82, 2.24) is 9.80 Å². The number of esters is 1. The number of thiophene rings is 1. The first-order valence-electron chi connectivity index (χ1n) is 12.8. The number of phenols is 1. The molecular weight excluding hydrogens is 580 g/mol. The quantitative estimate of drug-likeness (QED) is 0.220. The molecule has 0 amide bonds. The van der Waals surface area contributed by atoms with Crippen LogP contribution in [0, 0.1) is 0 Å². The summed E-state index contributed by atoms with van der Waals surface area (Å²) in [6.45, 7) is 6.54. The number of carbonyl (C=O) groups excluding carboxylic acids is 1. The Morgan fingerprint density at radius 1 is 1.00 bits per heavy atom. The number of hydrogen-bond acceptors (Lipinski definition) is 8. The summed E-state index contributed by atoms with van der Waals surface area (Å²) < 4.78 is 19.3. The average Bonchev–Trinajstić information content (AvgIpc) is 3.30. The van der Waals surface area contributed by atoms with Crippen LogP contribution in [0.25, 0.3) is 20.5 Å². The van der Waals surface area contributed by atoms with Crippen molar-refractivity contribution < 1.29 is 24.1 Å². The second-order valence-corrected chi connectivity index (χ2v) is 11.5. The van der Waals surface area contributed by atoms with E-state index in [0.29, 0.717) is 18.9 Å². The second-order valence-electron chi connectivity index (χ2n) is 9.57. The number of benzene rings is 3. The molecule has 5 rings (SSSR count). The molecule has 1 aliphatic heterocycles. The van der Waals surface area contributed by atoms with E-state index in [4.69, 9.17) is 14.2 Å². The maximum Gasteiger partial charge on any atom is 0.319 e. The lowest BCUT2D eigenvalue weighted by Gasteiger charge is -2.37. The van der Waals surface area contributed by atoms with Gasteiger partial charge in [-0.3, -0.25) is 14.6 Å². The molecule has 1 N–H and O–H groups in total. The van der Waals surface area contributed by atoms with E-state index in [0.717, 1.165) is 62.7 Å². The summed E-state index contributed by atoms with van der Waals surface area (Å²) in [4.78, 5) is 17.0. The van der Waals surface area contributed by atoms with Gasteiger partial charge in [0.1, 0.15) is 23.9 Å². The predicted octanol–water partition coefficient (Wildman–Crippen LogP) is 6.39. The molecule has 0 unspecified atom stereocenters. The average molecular weight is 612 g/mol. The molecule has 1 saturated heterocycles. The minimum absolute atomic E-state index is 0.191. The highest BCUT2D eigenvalue weighted by Crippen LogP contribution is 2.47. The molecule has 39 heavy (non-hydrogen) atoms. The summed E-state index contributed by atoms with van der Waals surface area (Å²) in [7, 11) is 1.43. The van der Waals surface area contributed by atoms with E-state index >= 15 is 0 Å². The second kappa shape index (κ2) is 12.4. The Morgan fingerprint density at radius 3 is 2.38 bits per heavy atom. The van der Waals surface area contributed by atoms with Crippen LogP contribution in [0.2, 0.25) is 0 Å². The standard InChI is InChI=1S/C30H31BrN2O5S/c1-20(33-15-13-32(14-16-33)18-28(35)36-2)19-37-24-8-10-25(11-9-24)38-29-26-12-7-23(34)17-27(26)39-30(29)21-3-5-22(31)6-4-21/h3-12,17,20,34H,13-16,18-19H2,1-2H3/t20-/m1/s1. The Labute approximate surface area is 240 Å². The largest absolute Gasteiger partial charge is 0.508 e. The van der Waals surface area contributed by atoms with E-state index in [1.165, 1.54) is 7.11 Å². The molecule has 0 spiro atoms. The lowest BCUT2D eigenvalue weighted by molar-refractivity contribution is -0.142. The molecule has 0 saturated carbocycles. The normalized spacial score (nSPS) is 15.3. The van der Waals surface area contributed by atoms with Gasteiger partial charge < -0.3 is 19.3 Å². The molecular formula is C30H31BrN2O5S. The zero-order valence-corrected chi connectivity index (χ0v) is 24.3. The Morgan fingerprint density at radius 2 is 1.69 bits per heavy atom. The van der Waals surface area contributed by atoms with Gasteiger partial charge in [0.2, 0.25) is 0 Å². The summed E-state index contributed by atoms with van der Waals surface area (Å²) >= 11 is 5.10. The van der Waals surface area contributed by atoms with Gasteiger partial charge in [-0.2, -0.15) is 0 Å². The van der Waals surface area contributed by atoms with E-state index in [2.05, 4.69) is 44.8 Å². The van der Waals surface area contributed by atoms with Crippen LogP contribution in [0.3, 0.4) is 0 Å². The summed E-state index contributed by atoms with van der Waals surface area (Å²) in [5.74, 6) is 2.31. The molecule has 1 fully saturated rings. The third-order valence-corrected chi connectivity index (χ3v) is 8.59. The number of carbonyl (C=O) groups is 1. The summed E-state index contributed by atoms with van der Waals surface area (Å²) in [5, 5.41) is 11.0. The van der Waals surface area contributed by atoms with Crippen LogP contribution in [0.4, 0.5) is 0 Å². The lowest BCUT2D eigenvalue weighted by Crippen LogP contribution is -2.52. The monoisotopic (exact) mass is 610 g/mol. The van der Waals surface area contributed by atoms with E-state index in [-0.39, 0.29) is 17.8 Å². The number of hydrogen-bond donors (Lipinski definition) is 1. The van der Waals surface area contributed by atoms with Crippen molar-refractivity contribution in [2.45, 2.75) is 13.0 Å². The maximum absolute atomic E-state index is 11.5. The van der Waals surface area contributed by atoms with Crippen molar-refractivity contribution in [3.8, 4) is 33.4 Å². The molecule has 4 aromatic rings. The molecule has 204 valence electrons. The van der Waals surface area contributed by atoms with Crippen molar-refractivity contribution in [1.29, 1.82) is 0 Å². The van der Waals surface area contributed by atoms with Crippen LogP contribution in [0.5, 0.6) is 23.0 Å². The highest BCUT2D eigenvalue weighted by atomic mass is 79.9. The van der Waals surface area contributed by atoms with Crippen LogP contribution in [-0.2, 0) is 9.53 Å². The van der Waals surface area contributed by atoms with Gasteiger partial charge in [-0.25, -0.2) is 0 Å². The fourth-order valence-corrected chi connectivity index (χ4v) is 6.04. The van der Waals surface area contributed by atoms with Crippen molar-refractivity contribution in [3.05, 3.63) is 71.2 Å². The van der Waals surface area contributed by atoms with Gasteiger partial charge in [0.25, 0.3) is 0 Å². The molecule has 2 heterocycles. The molecule has 1 atom stereocenters. The molecule has 3 aromatic carbocycles. The Bertz CT molecular complexity index is 1420. The highest BCUT2D eigenvalue weighted by Gasteiger charge is 2.23. The third-order valence-electron chi connectivity index (χ3n) is 6.88. The zero-order chi connectivity index (χ0) is 27.4. The van der Waals surface area contributed by atoms with Crippen molar-refractivity contribution in [2.75, 3.05) is 46.4 Å². The minimum Gasteiger partial charge on any atom is -0.508 e. The molecule has 9 heteroatoms. The number of nitrogens with zero attached hydrogens (tertiary/aromatic N) is 2. The lowest BCUT2D eigenvalue weighted by atomic mass is 10.1. The molecule has 7 nitrogen and oxygen atoms in total. The number of rotatable bonds is 9. The summed E-state index contributed by atoms with van der Waals surface area (Å²) in [5.41, 5.74) is 1.05. The molecule has 0 bridgehead atoms. The molecule has 0 aliphatic carbocycles. The van der Waals surface area contributed by atoms with Crippen LogP contribution in [-0.4, -0.2) is 73.4 Å². The van der Waals surface area contributed by atoms with E-state index < -0.39 is 0 Å². The zero-order valence-electron chi connectivity index (χ0n) is 21.9. The third kappa shape index (κ3) is 6.73. The number of halogens is 1. The first-order valence-corrected chi connectivity index (χ1v) is 14.5. The van der Waals surface area contributed by atoms with E-state index in [1.54, 1.807) is 23.5 Å². The van der Waals surface area contributed by atoms with Crippen LogP contribution >= 0.6 is 27.3 Å². The topological polar surface area (TPSA) is 71.5 Å². The number of ether oxygens (including phenoxy) is 3. The van der Waals surface area contributed by atoms with Gasteiger partial charge in [0.05, 0.1) is 18.5 Å². The van der Waals surface area contributed by atoms with Crippen LogP contribution in [0.1, 0.15) is 6.92 Å². The summed E-state index contributed by atoms with van der Waals surface area (Å²) in [6.07, 6.45) is 0. The van der Waals surface area contributed by atoms with Crippen molar-refractivity contribution >= 4 is 43.3 Å². The van der Waals surface area contributed by atoms with E-state index in [9.17, 15) is 9.90 Å². The van der Waals surface area contributed by atoms with Crippen molar-refractivity contribution in [2.24, 2.45) is 0 Å². The Balaban J connectivity index is 1.22.